The van der Waals surface area contributed by atoms with Crippen LogP contribution in [0.2, 0.25) is 0 Å². The Labute approximate surface area is 325 Å². The lowest BCUT2D eigenvalue weighted by Gasteiger charge is -2.49. The maximum Gasteiger partial charge on any atom is 0.121 e. The van der Waals surface area contributed by atoms with E-state index in [0.717, 1.165) is 30.6 Å². The number of nitrogens with zero attached hydrogens (tertiary/aromatic N) is 2. The summed E-state index contributed by atoms with van der Waals surface area (Å²) in [7, 11) is 0. The zero-order valence-corrected chi connectivity index (χ0v) is 31.5. The van der Waals surface area contributed by atoms with Crippen LogP contribution < -0.4 is 10.4 Å². The van der Waals surface area contributed by atoms with E-state index in [1.807, 2.05) is 0 Å². The van der Waals surface area contributed by atoms with Crippen molar-refractivity contribution in [3.05, 3.63) is 201 Å². The molecular formula is C53H48N2. The van der Waals surface area contributed by atoms with Crippen LogP contribution in [0.1, 0.15) is 56.7 Å². The molecule has 3 aromatic carbocycles. The van der Waals surface area contributed by atoms with Crippen molar-refractivity contribution in [3.8, 4) is 5.69 Å². The Morgan fingerprint density at radius 1 is 0.673 bits per heavy atom. The maximum atomic E-state index is 5.22. The van der Waals surface area contributed by atoms with Crippen molar-refractivity contribution in [3.63, 3.8) is 0 Å². The first-order valence-corrected chi connectivity index (χ1v) is 20.8. The number of para-hydroxylation sites is 3. The first-order valence-electron chi connectivity index (χ1n) is 20.8. The second-order valence-electron chi connectivity index (χ2n) is 16.8. The molecule has 0 bridgehead atoms. The first kappa shape index (κ1) is 32.9. The third kappa shape index (κ3) is 5.72. The summed E-state index contributed by atoms with van der Waals surface area (Å²) in [5.41, 5.74) is 12.6. The van der Waals surface area contributed by atoms with Gasteiger partial charge in [-0.1, -0.05) is 140 Å². The normalized spacial score (nSPS) is 29.1. The van der Waals surface area contributed by atoms with Crippen LogP contribution in [-0.2, 0) is 0 Å². The van der Waals surface area contributed by atoms with Crippen molar-refractivity contribution < 1.29 is 0 Å². The van der Waals surface area contributed by atoms with Gasteiger partial charge in [0.05, 0.1) is 11.0 Å². The molecule has 7 atom stereocenters. The summed E-state index contributed by atoms with van der Waals surface area (Å²) in [6.45, 7) is 0. The molecule has 7 aliphatic carbocycles. The van der Waals surface area contributed by atoms with Crippen LogP contribution in [0.25, 0.3) is 28.9 Å². The standard InChI is InChI=1S/C53H48N2/c1-2-16-44(17-3-1)55-50-21-11-10-20-49(50)54-53(55)38-26-22-37(23-27-38)41-30-31-47-48(34-41)52(43-29-25-36-13-5-7-15-40(36)33-43)46-19-9-8-18-45(46)51(47)42-28-24-35-12-4-6-14-39(35)32-42/h1-7,9-13,15-17,19-26,28,30,33-34,38-39,42-43,45,47,51H,8,14,18,27,29,31-32H2. The van der Waals surface area contributed by atoms with E-state index in [1.54, 1.807) is 16.7 Å². The summed E-state index contributed by atoms with van der Waals surface area (Å²) in [6, 6.07) is 28.3. The van der Waals surface area contributed by atoms with E-state index < -0.39 is 0 Å². The summed E-state index contributed by atoms with van der Waals surface area (Å²) in [5, 5.41) is 2.77. The number of benzene rings is 3. The van der Waals surface area contributed by atoms with Gasteiger partial charge in [0.2, 0.25) is 0 Å². The molecule has 0 amide bonds. The van der Waals surface area contributed by atoms with E-state index >= 15 is 0 Å². The number of aromatic nitrogens is 2. The lowest BCUT2D eigenvalue weighted by Crippen LogP contribution is -2.41. The predicted molar refractivity (Wildman–Crippen MR) is 228 cm³/mol. The summed E-state index contributed by atoms with van der Waals surface area (Å²) < 4.78 is 2.36. The highest BCUT2D eigenvalue weighted by atomic mass is 15.1. The Hall–Kier alpha value is -5.47. The Bertz CT molecular complexity index is 2610. The van der Waals surface area contributed by atoms with Crippen molar-refractivity contribution in [1.29, 1.82) is 0 Å². The van der Waals surface area contributed by atoms with Gasteiger partial charge >= 0.3 is 0 Å². The zero-order chi connectivity index (χ0) is 36.3. The topological polar surface area (TPSA) is 17.8 Å². The zero-order valence-electron chi connectivity index (χ0n) is 31.5. The summed E-state index contributed by atoms with van der Waals surface area (Å²) in [4.78, 5) is 5.22. The van der Waals surface area contributed by atoms with Gasteiger partial charge in [-0.3, -0.25) is 4.57 Å². The van der Waals surface area contributed by atoms with Gasteiger partial charge in [-0.15, -0.1) is 0 Å². The minimum absolute atomic E-state index is 0.213. The molecule has 1 aromatic heterocycles. The third-order valence-corrected chi connectivity index (χ3v) is 13.8. The predicted octanol–water partition coefficient (Wildman–Crippen LogP) is 11.1. The fraction of sp³-hybridized carbons (Fsp3) is 0.264. The minimum atomic E-state index is 0.213. The highest BCUT2D eigenvalue weighted by Gasteiger charge is 2.46. The van der Waals surface area contributed by atoms with Crippen LogP contribution in [0.4, 0.5) is 0 Å². The van der Waals surface area contributed by atoms with E-state index in [0.29, 0.717) is 35.5 Å². The maximum absolute atomic E-state index is 5.22. The van der Waals surface area contributed by atoms with Crippen molar-refractivity contribution in [2.45, 2.75) is 50.9 Å². The Kier molecular flexibility index (Phi) is 8.19. The van der Waals surface area contributed by atoms with Crippen LogP contribution in [0.5, 0.6) is 0 Å². The molecule has 0 saturated carbocycles. The van der Waals surface area contributed by atoms with E-state index in [4.69, 9.17) is 4.98 Å². The number of hydrogen-bond acceptors (Lipinski definition) is 1. The molecule has 11 rings (SSSR count). The number of hydrogen-bond donors (Lipinski definition) is 0. The summed E-state index contributed by atoms with van der Waals surface area (Å²) >= 11 is 0. The molecule has 0 saturated heterocycles. The van der Waals surface area contributed by atoms with Crippen molar-refractivity contribution in [2.24, 2.45) is 35.5 Å². The number of rotatable bonds is 5. The summed E-state index contributed by atoms with van der Waals surface area (Å²) in [5.74, 6) is 4.77. The minimum Gasteiger partial charge on any atom is -0.296 e. The van der Waals surface area contributed by atoms with E-state index in [2.05, 4.69) is 168 Å². The quantitative estimate of drug-likeness (QED) is 0.201. The lowest BCUT2D eigenvalue weighted by molar-refractivity contribution is 0.174. The molecule has 1 heterocycles. The van der Waals surface area contributed by atoms with Gasteiger partial charge in [0.1, 0.15) is 5.82 Å². The number of fused-ring (bicyclic) bond motifs is 5. The highest BCUT2D eigenvalue weighted by Crippen LogP contribution is 2.57. The van der Waals surface area contributed by atoms with E-state index in [1.165, 1.54) is 64.0 Å². The van der Waals surface area contributed by atoms with Gasteiger partial charge in [-0.25, -0.2) is 4.98 Å². The Balaban J connectivity index is 0.978. The third-order valence-electron chi connectivity index (χ3n) is 13.8. The molecule has 270 valence electrons. The Morgan fingerprint density at radius 2 is 1.51 bits per heavy atom. The highest BCUT2D eigenvalue weighted by molar-refractivity contribution is 5.78. The molecule has 0 fully saturated rings. The average Bonchev–Trinajstić information content (AvgIpc) is 3.65. The van der Waals surface area contributed by atoms with Gasteiger partial charge < -0.3 is 0 Å². The molecule has 55 heavy (non-hydrogen) atoms. The fourth-order valence-electron chi connectivity index (χ4n) is 11.3. The van der Waals surface area contributed by atoms with E-state index in [-0.39, 0.29) is 5.92 Å². The van der Waals surface area contributed by atoms with Crippen molar-refractivity contribution >= 4 is 23.2 Å². The van der Waals surface area contributed by atoms with Gasteiger partial charge in [0.25, 0.3) is 0 Å². The second kappa shape index (κ2) is 13.7. The largest absolute Gasteiger partial charge is 0.296 e. The van der Waals surface area contributed by atoms with E-state index in [9.17, 15) is 0 Å². The molecule has 2 nitrogen and oxygen atoms in total. The molecule has 4 aromatic rings. The van der Waals surface area contributed by atoms with Crippen LogP contribution in [-0.4, -0.2) is 9.55 Å². The van der Waals surface area contributed by atoms with Gasteiger partial charge in [-0.05, 0) is 143 Å². The molecule has 7 unspecified atom stereocenters. The monoisotopic (exact) mass is 712 g/mol. The lowest BCUT2D eigenvalue weighted by atomic mass is 9.54. The molecule has 2 heteroatoms. The Morgan fingerprint density at radius 3 is 2.42 bits per heavy atom. The molecule has 7 aliphatic rings. The van der Waals surface area contributed by atoms with Gasteiger partial charge in [0.15, 0.2) is 0 Å². The van der Waals surface area contributed by atoms with Crippen LogP contribution in [0.3, 0.4) is 0 Å². The average molecular weight is 713 g/mol. The SMILES string of the molecule is C1=CCC2CC(C3C4CC=C(C5=CCC(c6nc7ccccc7n6-c6ccccc6)C=C5)C=C4C(C4C=c5ccccc5=CC4)=C4C=CCCC43)C=CC2=C1. The molecule has 0 N–H and O–H groups in total. The van der Waals surface area contributed by atoms with Crippen molar-refractivity contribution in [2.75, 3.05) is 0 Å². The molecule has 0 radical (unpaired) electrons. The fourth-order valence-corrected chi connectivity index (χ4v) is 11.3. The van der Waals surface area contributed by atoms with Crippen LogP contribution in [0, 0.1) is 35.5 Å². The molecule has 0 aliphatic heterocycles. The van der Waals surface area contributed by atoms with Crippen molar-refractivity contribution in [1.82, 2.24) is 9.55 Å². The first-order chi connectivity index (χ1) is 27.3. The van der Waals surface area contributed by atoms with Crippen LogP contribution >= 0.6 is 0 Å². The van der Waals surface area contributed by atoms with Gasteiger partial charge in [-0.2, -0.15) is 0 Å². The molecule has 0 spiro atoms. The van der Waals surface area contributed by atoms with Crippen LogP contribution in [0.15, 0.2) is 185 Å². The number of imidazole rings is 1. The smallest absolute Gasteiger partial charge is 0.121 e. The van der Waals surface area contributed by atoms with Gasteiger partial charge in [0, 0.05) is 17.5 Å². The second-order valence-corrected chi connectivity index (χ2v) is 16.8. The molecular weight excluding hydrogens is 665 g/mol. The number of allylic oxidation sites excluding steroid dienone is 18. The summed E-state index contributed by atoms with van der Waals surface area (Å²) in [6.07, 6.45) is 42.9.